The summed E-state index contributed by atoms with van der Waals surface area (Å²) in [6.07, 6.45) is 5.66. The van der Waals surface area contributed by atoms with Gasteiger partial charge in [0.15, 0.2) is 5.82 Å². The van der Waals surface area contributed by atoms with E-state index in [1.54, 1.807) is 6.26 Å². The molecule has 3 nitrogen and oxygen atoms in total. The van der Waals surface area contributed by atoms with Crippen LogP contribution in [-0.4, -0.2) is 16.6 Å². The van der Waals surface area contributed by atoms with Gasteiger partial charge in [-0.3, -0.25) is 0 Å². The van der Waals surface area contributed by atoms with Crippen molar-refractivity contribution in [3.05, 3.63) is 127 Å². The monoisotopic (exact) mass is 462 g/mol. The van der Waals surface area contributed by atoms with Crippen molar-refractivity contribution in [2.24, 2.45) is 0 Å². The molecular weight excluding hydrogens is 440 g/mol. The molecule has 7 rings (SSSR count). The maximum Gasteiger partial charge on any atom is 0.160 e. The van der Waals surface area contributed by atoms with Crippen molar-refractivity contribution in [1.29, 1.82) is 0 Å². The molecule has 3 heteroatoms. The van der Waals surface area contributed by atoms with Gasteiger partial charge in [0, 0.05) is 16.7 Å². The maximum absolute atomic E-state index is 5.37. The Balaban J connectivity index is 1.41. The molecule has 6 aromatic rings. The number of benzene rings is 5. The van der Waals surface area contributed by atoms with Gasteiger partial charge in [-0.1, -0.05) is 84.9 Å². The summed E-state index contributed by atoms with van der Waals surface area (Å²) in [6, 6.07) is 36.5. The Morgan fingerprint density at radius 1 is 0.556 bits per heavy atom. The summed E-state index contributed by atoms with van der Waals surface area (Å²) < 4.78 is 5.37. The largest absolute Gasteiger partial charge is 0.497 e. The SMILES string of the molecule is C1=CC(c2nc(-c3ccc4ccccc4c3)cc(-c3ccc4c(ccc5ccccc54)c3)n2)=CCO1. The van der Waals surface area contributed by atoms with Crippen molar-refractivity contribution >= 4 is 37.9 Å². The molecule has 5 aromatic carbocycles. The van der Waals surface area contributed by atoms with E-state index < -0.39 is 0 Å². The van der Waals surface area contributed by atoms with Gasteiger partial charge in [0.05, 0.1) is 17.6 Å². The van der Waals surface area contributed by atoms with E-state index in [2.05, 4.69) is 103 Å². The van der Waals surface area contributed by atoms with Crippen LogP contribution in [0.25, 0.3) is 60.4 Å². The molecule has 0 saturated heterocycles. The van der Waals surface area contributed by atoms with Crippen molar-refractivity contribution in [1.82, 2.24) is 9.97 Å². The lowest BCUT2D eigenvalue weighted by molar-refractivity contribution is 0.287. The fourth-order valence-electron chi connectivity index (χ4n) is 4.94. The third-order valence-corrected chi connectivity index (χ3v) is 6.81. The molecule has 0 amide bonds. The number of ether oxygens (including phenoxy) is 1. The second kappa shape index (κ2) is 8.47. The van der Waals surface area contributed by atoms with E-state index in [-0.39, 0.29) is 0 Å². The molecule has 1 aliphatic rings. The average Bonchev–Trinajstić information content (AvgIpc) is 2.96. The summed E-state index contributed by atoms with van der Waals surface area (Å²) in [6.45, 7) is 0.522. The fraction of sp³-hybridized carbons (Fsp3) is 0.0303. The van der Waals surface area contributed by atoms with Gasteiger partial charge < -0.3 is 4.74 Å². The lowest BCUT2D eigenvalue weighted by Gasteiger charge is -2.13. The molecule has 0 radical (unpaired) electrons. The summed E-state index contributed by atoms with van der Waals surface area (Å²) in [5.74, 6) is 0.703. The normalized spacial score (nSPS) is 13.2. The summed E-state index contributed by atoms with van der Waals surface area (Å²) in [4.78, 5) is 9.97. The van der Waals surface area contributed by atoms with E-state index in [4.69, 9.17) is 14.7 Å². The van der Waals surface area contributed by atoms with Crippen LogP contribution in [0.5, 0.6) is 0 Å². The zero-order valence-corrected chi connectivity index (χ0v) is 19.6. The lowest BCUT2D eigenvalue weighted by Crippen LogP contribution is -2.01. The molecule has 0 unspecified atom stereocenters. The minimum Gasteiger partial charge on any atom is -0.497 e. The Morgan fingerprint density at radius 3 is 2.00 bits per heavy atom. The average molecular weight is 463 g/mol. The van der Waals surface area contributed by atoms with Crippen LogP contribution in [0.3, 0.4) is 0 Å². The van der Waals surface area contributed by atoms with Crippen LogP contribution in [0.15, 0.2) is 122 Å². The number of hydrogen-bond donors (Lipinski definition) is 0. The molecule has 2 heterocycles. The Hall–Kier alpha value is -4.76. The van der Waals surface area contributed by atoms with Crippen LogP contribution in [0.1, 0.15) is 5.82 Å². The number of hydrogen-bond acceptors (Lipinski definition) is 3. The molecule has 1 aliphatic heterocycles. The summed E-state index contributed by atoms with van der Waals surface area (Å²) >= 11 is 0. The van der Waals surface area contributed by atoms with E-state index in [0.29, 0.717) is 12.4 Å². The van der Waals surface area contributed by atoms with Gasteiger partial charge in [0.1, 0.15) is 6.61 Å². The van der Waals surface area contributed by atoms with Crippen LogP contribution < -0.4 is 0 Å². The first kappa shape index (κ1) is 20.6. The first-order valence-corrected chi connectivity index (χ1v) is 12.1. The zero-order chi connectivity index (χ0) is 23.9. The van der Waals surface area contributed by atoms with Gasteiger partial charge in [-0.2, -0.15) is 0 Å². The van der Waals surface area contributed by atoms with Crippen molar-refractivity contribution in [2.45, 2.75) is 0 Å². The van der Waals surface area contributed by atoms with Gasteiger partial charge in [-0.05, 0) is 62.7 Å². The van der Waals surface area contributed by atoms with E-state index in [9.17, 15) is 0 Å². The molecule has 0 N–H and O–H groups in total. The molecule has 0 aliphatic carbocycles. The highest BCUT2D eigenvalue weighted by Crippen LogP contribution is 2.32. The first-order valence-electron chi connectivity index (χ1n) is 12.1. The Morgan fingerprint density at radius 2 is 1.19 bits per heavy atom. The van der Waals surface area contributed by atoms with Crippen molar-refractivity contribution in [3.63, 3.8) is 0 Å². The minimum atomic E-state index is 0.522. The number of nitrogens with zero attached hydrogens (tertiary/aromatic N) is 2. The molecule has 0 spiro atoms. The molecule has 36 heavy (non-hydrogen) atoms. The number of fused-ring (bicyclic) bond motifs is 4. The molecule has 0 fully saturated rings. The van der Waals surface area contributed by atoms with E-state index >= 15 is 0 Å². The van der Waals surface area contributed by atoms with Crippen LogP contribution >= 0.6 is 0 Å². The number of aromatic nitrogens is 2. The van der Waals surface area contributed by atoms with Gasteiger partial charge in [0.25, 0.3) is 0 Å². The van der Waals surface area contributed by atoms with Crippen molar-refractivity contribution in [2.75, 3.05) is 6.61 Å². The van der Waals surface area contributed by atoms with E-state index in [0.717, 1.165) is 28.1 Å². The third-order valence-electron chi connectivity index (χ3n) is 6.81. The third kappa shape index (κ3) is 3.62. The first-order chi connectivity index (χ1) is 17.8. The van der Waals surface area contributed by atoms with Gasteiger partial charge in [-0.15, -0.1) is 0 Å². The summed E-state index contributed by atoms with van der Waals surface area (Å²) in [5.41, 5.74) is 4.92. The lowest BCUT2D eigenvalue weighted by atomic mass is 9.98. The Bertz CT molecular complexity index is 1850. The second-order valence-electron chi connectivity index (χ2n) is 9.04. The van der Waals surface area contributed by atoms with Crippen LogP contribution in [-0.2, 0) is 4.74 Å². The maximum atomic E-state index is 5.37. The smallest absolute Gasteiger partial charge is 0.160 e. The molecule has 0 saturated carbocycles. The standard InChI is InChI=1S/C33H22N2O/c1-2-7-25-19-27(12-9-22(25)5-1)31-21-32(35-33(34-31)24-15-17-36-18-16-24)28-13-14-30-26(20-28)11-10-23-6-3-4-8-29(23)30/h1-17,19-21H,18H2. The minimum absolute atomic E-state index is 0.522. The highest BCUT2D eigenvalue weighted by atomic mass is 16.5. The molecule has 0 bridgehead atoms. The van der Waals surface area contributed by atoms with Gasteiger partial charge in [-0.25, -0.2) is 9.97 Å². The van der Waals surface area contributed by atoms with Crippen LogP contribution in [0.4, 0.5) is 0 Å². The number of allylic oxidation sites excluding steroid dienone is 2. The molecule has 0 atom stereocenters. The quantitative estimate of drug-likeness (QED) is 0.249. The predicted octanol–water partition coefficient (Wildman–Crippen LogP) is 8.20. The van der Waals surface area contributed by atoms with Gasteiger partial charge in [0.2, 0.25) is 0 Å². The van der Waals surface area contributed by atoms with Crippen LogP contribution in [0.2, 0.25) is 0 Å². The van der Waals surface area contributed by atoms with E-state index in [1.807, 2.05) is 12.2 Å². The van der Waals surface area contributed by atoms with Crippen molar-refractivity contribution < 1.29 is 4.74 Å². The summed E-state index contributed by atoms with van der Waals surface area (Å²) in [5, 5.41) is 7.37. The molecule has 1 aromatic heterocycles. The zero-order valence-electron chi connectivity index (χ0n) is 19.6. The van der Waals surface area contributed by atoms with Gasteiger partial charge >= 0.3 is 0 Å². The predicted molar refractivity (Wildman–Crippen MR) is 148 cm³/mol. The highest BCUT2D eigenvalue weighted by Gasteiger charge is 2.13. The summed E-state index contributed by atoms with van der Waals surface area (Å²) in [7, 11) is 0. The molecule has 170 valence electrons. The van der Waals surface area contributed by atoms with E-state index in [1.165, 1.54) is 32.3 Å². The van der Waals surface area contributed by atoms with Crippen LogP contribution in [0, 0.1) is 0 Å². The molecular formula is C33H22N2O. The van der Waals surface area contributed by atoms with Crippen molar-refractivity contribution in [3.8, 4) is 22.5 Å². The topological polar surface area (TPSA) is 35.0 Å². The Kier molecular flexibility index (Phi) is 4.85. The second-order valence-corrected chi connectivity index (χ2v) is 9.04. The fourth-order valence-corrected chi connectivity index (χ4v) is 4.94. The number of rotatable bonds is 3. The highest BCUT2D eigenvalue weighted by molar-refractivity contribution is 6.08. The Labute approximate surface area is 209 Å².